The zero-order valence-electron chi connectivity index (χ0n) is 14.1. The third-order valence-electron chi connectivity index (χ3n) is 3.20. The minimum Gasteiger partial charge on any atom is -0.491 e. The van der Waals surface area contributed by atoms with Crippen LogP contribution in [-0.4, -0.2) is 30.8 Å². The average molecular weight is 413 g/mol. The van der Waals surface area contributed by atoms with Crippen molar-refractivity contribution in [1.29, 1.82) is 0 Å². The summed E-state index contributed by atoms with van der Waals surface area (Å²) in [7, 11) is 0. The number of hydrogen-bond acceptors (Lipinski definition) is 4. The summed E-state index contributed by atoms with van der Waals surface area (Å²) in [5, 5.41) is 6.36. The second-order valence-electron chi connectivity index (χ2n) is 5.11. The molecule has 0 aliphatic carbocycles. The lowest BCUT2D eigenvalue weighted by atomic mass is 10.2. The number of hydrogen-bond donors (Lipinski definition) is 2. The zero-order chi connectivity index (χ0) is 18.9. The summed E-state index contributed by atoms with van der Waals surface area (Å²) in [5.74, 6) is 0.248. The normalized spacial score (nSPS) is 10.3. The lowest BCUT2D eigenvalue weighted by Gasteiger charge is -2.12. The standard InChI is InChI=1S/C18H18Cl2N2O3S/c1-2-24-8-9-25-14-5-3-4-13(11-14)21-18(26)22-17(23)15-7-6-12(19)10-16(15)20/h3-7,10-11H,2,8-9H2,1H3,(H2,21,22,23,26). The third kappa shape index (κ3) is 6.46. The summed E-state index contributed by atoms with van der Waals surface area (Å²) < 4.78 is 10.8. The topological polar surface area (TPSA) is 59.6 Å². The summed E-state index contributed by atoms with van der Waals surface area (Å²) in [6.07, 6.45) is 0. The first-order chi connectivity index (χ1) is 12.5. The molecule has 2 aromatic rings. The maximum atomic E-state index is 12.2. The van der Waals surface area contributed by atoms with Gasteiger partial charge in [-0.3, -0.25) is 10.1 Å². The Bertz CT molecular complexity index is 787. The van der Waals surface area contributed by atoms with Crippen LogP contribution >= 0.6 is 35.4 Å². The molecule has 0 radical (unpaired) electrons. The lowest BCUT2D eigenvalue weighted by molar-refractivity contribution is 0.0978. The summed E-state index contributed by atoms with van der Waals surface area (Å²) in [4.78, 5) is 12.2. The fourth-order valence-corrected chi connectivity index (χ4v) is 2.74. The number of benzene rings is 2. The predicted octanol–water partition coefficient (Wildman–Crippen LogP) is 4.54. The second-order valence-corrected chi connectivity index (χ2v) is 6.36. The number of carbonyl (C=O) groups is 1. The van der Waals surface area contributed by atoms with Gasteiger partial charge >= 0.3 is 0 Å². The van der Waals surface area contributed by atoms with Crippen molar-refractivity contribution in [2.75, 3.05) is 25.1 Å². The number of rotatable bonds is 7. The Balaban J connectivity index is 1.91. The first-order valence-corrected chi connectivity index (χ1v) is 9.04. The molecule has 0 fully saturated rings. The summed E-state index contributed by atoms with van der Waals surface area (Å²) in [5.41, 5.74) is 0.972. The molecule has 0 aliphatic heterocycles. The lowest BCUT2D eigenvalue weighted by Crippen LogP contribution is -2.34. The molecule has 2 aromatic carbocycles. The minimum atomic E-state index is -0.423. The summed E-state index contributed by atoms with van der Waals surface area (Å²) >= 11 is 17.0. The number of halogens is 2. The number of nitrogens with one attached hydrogen (secondary N) is 2. The molecule has 1 amide bonds. The average Bonchev–Trinajstić information content (AvgIpc) is 2.59. The van der Waals surface area contributed by atoms with E-state index in [2.05, 4.69) is 10.6 Å². The van der Waals surface area contributed by atoms with Gasteiger partial charge in [0.2, 0.25) is 0 Å². The van der Waals surface area contributed by atoms with Gasteiger partial charge in [0, 0.05) is 23.4 Å². The predicted molar refractivity (Wildman–Crippen MR) is 109 cm³/mol. The van der Waals surface area contributed by atoms with Crippen molar-refractivity contribution in [2.24, 2.45) is 0 Å². The Kier molecular flexibility index (Phi) is 8.12. The first-order valence-electron chi connectivity index (χ1n) is 7.87. The molecule has 0 bridgehead atoms. The molecule has 8 heteroatoms. The number of ether oxygens (including phenoxy) is 2. The highest BCUT2D eigenvalue weighted by Gasteiger charge is 2.12. The number of amides is 1. The van der Waals surface area contributed by atoms with Crippen LogP contribution in [0, 0.1) is 0 Å². The van der Waals surface area contributed by atoms with Crippen molar-refractivity contribution >= 4 is 52.1 Å². The van der Waals surface area contributed by atoms with Gasteiger partial charge in [-0.2, -0.15) is 0 Å². The van der Waals surface area contributed by atoms with Crippen LogP contribution < -0.4 is 15.4 Å². The Hall–Kier alpha value is -1.86. The van der Waals surface area contributed by atoms with Crippen molar-refractivity contribution in [2.45, 2.75) is 6.92 Å². The van der Waals surface area contributed by atoms with Gasteiger partial charge in [0.15, 0.2) is 5.11 Å². The van der Waals surface area contributed by atoms with Crippen LogP contribution in [0.5, 0.6) is 5.75 Å². The van der Waals surface area contributed by atoms with E-state index in [-0.39, 0.29) is 15.7 Å². The van der Waals surface area contributed by atoms with Gasteiger partial charge in [-0.05, 0) is 49.5 Å². The van der Waals surface area contributed by atoms with E-state index in [0.29, 0.717) is 36.3 Å². The second kappa shape index (κ2) is 10.3. The van der Waals surface area contributed by atoms with Gasteiger partial charge in [-0.15, -0.1) is 0 Å². The summed E-state index contributed by atoms with van der Waals surface area (Å²) in [6.45, 7) is 3.55. The van der Waals surface area contributed by atoms with E-state index in [4.69, 9.17) is 44.9 Å². The molecule has 0 spiro atoms. The van der Waals surface area contributed by atoms with Crippen molar-refractivity contribution in [3.8, 4) is 5.75 Å². The number of anilines is 1. The van der Waals surface area contributed by atoms with E-state index >= 15 is 0 Å². The fourth-order valence-electron chi connectivity index (χ4n) is 2.03. The molecule has 2 rings (SSSR count). The molecule has 0 aromatic heterocycles. The molecule has 0 unspecified atom stereocenters. The van der Waals surface area contributed by atoms with E-state index in [1.807, 2.05) is 25.1 Å². The highest BCUT2D eigenvalue weighted by atomic mass is 35.5. The zero-order valence-corrected chi connectivity index (χ0v) is 16.4. The van der Waals surface area contributed by atoms with E-state index < -0.39 is 5.91 Å². The molecule has 0 heterocycles. The molecule has 0 saturated carbocycles. The van der Waals surface area contributed by atoms with Gasteiger partial charge in [-0.25, -0.2) is 0 Å². The van der Waals surface area contributed by atoms with Gasteiger partial charge in [0.1, 0.15) is 12.4 Å². The Morgan fingerprint density at radius 2 is 1.96 bits per heavy atom. The van der Waals surface area contributed by atoms with Crippen LogP contribution in [0.4, 0.5) is 5.69 Å². The van der Waals surface area contributed by atoms with E-state index in [1.165, 1.54) is 12.1 Å². The molecular formula is C18H18Cl2N2O3S. The molecule has 0 saturated heterocycles. The van der Waals surface area contributed by atoms with Gasteiger partial charge in [0.25, 0.3) is 5.91 Å². The van der Waals surface area contributed by atoms with Crippen LogP contribution in [0.25, 0.3) is 0 Å². The maximum absolute atomic E-state index is 12.2. The molecule has 26 heavy (non-hydrogen) atoms. The van der Waals surface area contributed by atoms with Crippen molar-refractivity contribution < 1.29 is 14.3 Å². The SMILES string of the molecule is CCOCCOc1cccc(NC(=S)NC(=O)c2ccc(Cl)cc2Cl)c1. The van der Waals surface area contributed by atoms with Gasteiger partial charge < -0.3 is 14.8 Å². The van der Waals surface area contributed by atoms with E-state index in [9.17, 15) is 4.79 Å². The highest BCUT2D eigenvalue weighted by Crippen LogP contribution is 2.21. The molecular weight excluding hydrogens is 395 g/mol. The Labute approximate surface area is 167 Å². The third-order valence-corrected chi connectivity index (χ3v) is 3.95. The molecule has 138 valence electrons. The van der Waals surface area contributed by atoms with Crippen LogP contribution in [0.1, 0.15) is 17.3 Å². The van der Waals surface area contributed by atoms with Crippen molar-refractivity contribution in [1.82, 2.24) is 5.32 Å². The highest BCUT2D eigenvalue weighted by molar-refractivity contribution is 7.80. The van der Waals surface area contributed by atoms with Crippen molar-refractivity contribution in [3.05, 3.63) is 58.1 Å². The number of thiocarbonyl (C=S) groups is 1. The van der Waals surface area contributed by atoms with E-state index in [0.717, 1.165) is 0 Å². The van der Waals surface area contributed by atoms with Crippen LogP contribution in [0.2, 0.25) is 10.0 Å². The quantitative estimate of drug-likeness (QED) is 0.516. The molecule has 5 nitrogen and oxygen atoms in total. The Morgan fingerprint density at radius 3 is 2.69 bits per heavy atom. The largest absolute Gasteiger partial charge is 0.491 e. The van der Waals surface area contributed by atoms with Crippen LogP contribution in [0.3, 0.4) is 0 Å². The molecule has 0 aliphatic rings. The van der Waals surface area contributed by atoms with E-state index in [1.54, 1.807) is 12.1 Å². The first kappa shape index (κ1) is 20.5. The molecule has 2 N–H and O–H groups in total. The van der Waals surface area contributed by atoms with Crippen LogP contribution in [0.15, 0.2) is 42.5 Å². The smallest absolute Gasteiger partial charge is 0.258 e. The van der Waals surface area contributed by atoms with Gasteiger partial charge in [0.05, 0.1) is 17.2 Å². The summed E-state index contributed by atoms with van der Waals surface area (Å²) in [6, 6.07) is 11.8. The number of carbonyl (C=O) groups excluding carboxylic acids is 1. The van der Waals surface area contributed by atoms with Crippen molar-refractivity contribution in [3.63, 3.8) is 0 Å². The Morgan fingerprint density at radius 1 is 1.15 bits per heavy atom. The fraction of sp³-hybridized carbons (Fsp3) is 0.222. The maximum Gasteiger partial charge on any atom is 0.258 e. The molecule has 0 atom stereocenters. The minimum absolute atomic E-state index is 0.146. The van der Waals surface area contributed by atoms with Gasteiger partial charge in [-0.1, -0.05) is 29.3 Å². The monoisotopic (exact) mass is 412 g/mol. The van der Waals surface area contributed by atoms with Crippen LogP contribution in [-0.2, 0) is 4.74 Å².